The van der Waals surface area contributed by atoms with Gasteiger partial charge >= 0.3 is 5.97 Å². The number of aliphatic carboxylic acids is 1. The summed E-state index contributed by atoms with van der Waals surface area (Å²) in [4.78, 5) is 35.9. The number of H-pyrrole nitrogens is 1. The number of carboxylic acid groups (broad SMARTS) is 1. The fourth-order valence-corrected chi connectivity index (χ4v) is 3.80. The summed E-state index contributed by atoms with van der Waals surface area (Å²) in [6.45, 7) is 4.10. The molecular weight excluding hydrogens is 438 g/mol. The third-order valence-electron chi connectivity index (χ3n) is 5.76. The summed E-state index contributed by atoms with van der Waals surface area (Å²) in [5.74, 6) is 0.236. The van der Waals surface area contributed by atoms with E-state index in [1.54, 1.807) is 21.0 Å². The number of benzene rings is 1. The Morgan fingerprint density at radius 2 is 2.09 bits per heavy atom. The number of amides is 1. The molecule has 1 atom stereocenters. The quantitative estimate of drug-likeness (QED) is 0.335. The van der Waals surface area contributed by atoms with Gasteiger partial charge in [-0.2, -0.15) is 0 Å². The molecule has 0 spiro atoms. The van der Waals surface area contributed by atoms with Gasteiger partial charge in [0.2, 0.25) is 0 Å². The number of hydrogen-bond acceptors (Lipinski definition) is 7. The SMILES string of the molecule is COc1cc(OCC2CC2)ccc1-c1ncnc2c(C(=O)N[C@H](C)CC(=N)C(=O)O)c(C)[nH]c12. The van der Waals surface area contributed by atoms with Crippen molar-refractivity contribution in [3.63, 3.8) is 0 Å². The van der Waals surface area contributed by atoms with E-state index in [9.17, 15) is 9.59 Å². The van der Waals surface area contributed by atoms with E-state index < -0.39 is 23.6 Å². The molecule has 178 valence electrons. The van der Waals surface area contributed by atoms with Crippen molar-refractivity contribution in [2.24, 2.45) is 5.92 Å². The lowest BCUT2D eigenvalue weighted by Crippen LogP contribution is -2.35. The van der Waals surface area contributed by atoms with Crippen molar-refractivity contribution in [3.05, 3.63) is 35.8 Å². The third-order valence-corrected chi connectivity index (χ3v) is 5.76. The topological polar surface area (TPSA) is 150 Å². The van der Waals surface area contributed by atoms with Gasteiger partial charge in [0.05, 0.1) is 24.8 Å². The summed E-state index contributed by atoms with van der Waals surface area (Å²) in [5.41, 5.74) is 2.81. The van der Waals surface area contributed by atoms with Crippen LogP contribution in [0.3, 0.4) is 0 Å². The number of carbonyl (C=O) groups excluding carboxylic acids is 1. The zero-order valence-electron chi connectivity index (χ0n) is 19.3. The molecule has 10 heteroatoms. The lowest BCUT2D eigenvalue weighted by atomic mass is 10.1. The fraction of sp³-hybridized carbons (Fsp3) is 0.375. The molecule has 1 aliphatic rings. The molecule has 4 rings (SSSR count). The van der Waals surface area contributed by atoms with Crippen molar-refractivity contribution in [2.75, 3.05) is 13.7 Å². The van der Waals surface area contributed by atoms with Crippen molar-refractivity contribution in [2.45, 2.75) is 39.2 Å². The van der Waals surface area contributed by atoms with E-state index in [2.05, 4.69) is 20.3 Å². The minimum Gasteiger partial charge on any atom is -0.496 e. The van der Waals surface area contributed by atoms with Crippen LogP contribution in [0.25, 0.3) is 22.3 Å². The summed E-state index contributed by atoms with van der Waals surface area (Å²) in [6.07, 6.45) is 3.71. The van der Waals surface area contributed by atoms with Crippen LogP contribution in [-0.2, 0) is 4.79 Å². The largest absolute Gasteiger partial charge is 0.496 e. The second-order valence-corrected chi connectivity index (χ2v) is 8.55. The van der Waals surface area contributed by atoms with Crippen LogP contribution in [0, 0.1) is 18.3 Å². The highest BCUT2D eigenvalue weighted by molar-refractivity contribution is 6.34. The van der Waals surface area contributed by atoms with Crippen LogP contribution in [0.1, 0.15) is 42.2 Å². The van der Waals surface area contributed by atoms with Gasteiger partial charge in [0.25, 0.3) is 5.91 Å². The molecule has 1 amide bonds. The number of nitrogens with zero attached hydrogens (tertiary/aromatic N) is 2. The molecule has 0 aliphatic heterocycles. The molecule has 3 aromatic rings. The fourth-order valence-electron chi connectivity index (χ4n) is 3.80. The molecule has 1 saturated carbocycles. The molecule has 10 nitrogen and oxygen atoms in total. The number of carboxylic acids is 1. The van der Waals surface area contributed by atoms with E-state index in [-0.39, 0.29) is 6.42 Å². The van der Waals surface area contributed by atoms with Crippen LogP contribution in [0.15, 0.2) is 24.5 Å². The Morgan fingerprint density at radius 3 is 2.76 bits per heavy atom. The number of nitrogens with one attached hydrogen (secondary N) is 3. The number of methoxy groups -OCH3 is 1. The molecule has 34 heavy (non-hydrogen) atoms. The van der Waals surface area contributed by atoms with E-state index in [0.29, 0.717) is 46.3 Å². The number of aromatic amines is 1. The molecule has 1 fully saturated rings. The van der Waals surface area contributed by atoms with Gasteiger partial charge in [0, 0.05) is 29.8 Å². The van der Waals surface area contributed by atoms with E-state index in [1.807, 2.05) is 18.2 Å². The highest BCUT2D eigenvalue weighted by atomic mass is 16.5. The van der Waals surface area contributed by atoms with Gasteiger partial charge < -0.3 is 24.9 Å². The van der Waals surface area contributed by atoms with Gasteiger partial charge in [-0.05, 0) is 44.7 Å². The molecular formula is C24H27N5O5. The molecule has 0 radical (unpaired) electrons. The maximum Gasteiger partial charge on any atom is 0.349 e. The Balaban J connectivity index is 1.64. The molecule has 2 aromatic heterocycles. The van der Waals surface area contributed by atoms with E-state index >= 15 is 0 Å². The molecule has 4 N–H and O–H groups in total. The highest BCUT2D eigenvalue weighted by Gasteiger charge is 2.24. The lowest BCUT2D eigenvalue weighted by Gasteiger charge is -2.13. The van der Waals surface area contributed by atoms with Gasteiger partial charge in [0.15, 0.2) is 0 Å². The number of hydrogen-bond donors (Lipinski definition) is 4. The smallest absolute Gasteiger partial charge is 0.349 e. The predicted octanol–water partition coefficient (Wildman–Crippen LogP) is 3.34. The number of fused-ring (bicyclic) bond motifs is 1. The zero-order chi connectivity index (χ0) is 24.4. The zero-order valence-corrected chi connectivity index (χ0v) is 19.3. The third kappa shape index (κ3) is 4.85. The van der Waals surface area contributed by atoms with E-state index in [1.165, 1.54) is 19.2 Å². The van der Waals surface area contributed by atoms with Gasteiger partial charge in [-0.25, -0.2) is 14.8 Å². The Bertz CT molecular complexity index is 1260. The Hall–Kier alpha value is -3.95. The van der Waals surface area contributed by atoms with E-state index in [0.717, 1.165) is 11.3 Å². The van der Waals surface area contributed by atoms with Crippen molar-refractivity contribution in [3.8, 4) is 22.8 Å². The van der Waals surface area contributed by atoms with Crippen molar-refractivity contribution >= 4 is 28.6 Å². The average molecular weight is 466 g/mol. The molecule has 1 aliphatic carbocycles. The maximum atomic E-state index is 13.0. The number of aryl methyl sites for hydroxylation is 1. The minimum absolute atomic E-state index is 0.0882. The highest BCUT2D eigenvalue weighted by Crippen LogP contribution is 2.37. The summed E-state index contributed by atoms with van der Waals surface area (Å²) < 4.78 is 11.5. The second-order valence-electron chi connectivity index (χ2n) is 8.55. The monoisotopic (exact) mass is 465 g/mol. The van der Waals surface area contributed by atoms with Gasteiger partial charge in [-0.1, -0.05) is 0 Å². The van der Waals surface area contributed by atoms with Crippen LogP contribution in [0.4, 0.5) is 0 Å². The molecule has 2 heterocycles. The van der Waals surface area contributed by atoms with Crippen LogP contribution >= 0.6 is 0 Å². The molecule has 0 saturated heterocycles. The standard InChI is InChI=1S/C24H27N5O5/c1-12(8-17(25)24(31)32)28-23(30)19-13(2)29-22-20(26-11-27-21(19)22)16-7-6-15(9-18(16)33-3)34-10-14-4-5-14/h6-7,9,11-12,14,25,29H,4-5,8,10H2,1-3H3,(H,28,30)(H,31,32)/t12-/m1/s1. The lowest BCUT2D eigenvalue weighted by molar-refractivity contribution is -0.129. The summed E-state index contributed by atoms with van der Waals surface area (Å²) in [5, 5.41) is 19.2. The Kier molecular flexibility index (Phi) is 6.49. The number of carbonyl (C=O) groups is 2. The Labute approximate surface area is 196 Å². The second kappa shape index (κ2) is 9.50. The number of ether oxygens (including phenoxy) is 2. The normalized spacial score (nSPS) is 14.0. The molecule has 0 bridgehead atoms. The van der Waals surface area contributed by atoms with Crippen LogP contribution in [0.5, 0.6) is 11.5 Å². The van der Waals surface area contributed by atoms with Crippen molar-refractivity contribution < 1.29 is 24.2 Å². The maximum absolute atomic E-state index is 13.0. The van der Waals surface area contributed by atoms with Crippen LogP contribution < -0.4 is 14.8 Å². The van der Waals surface area contributed by atoms with E-state index in [4.69, 9.17) is 20.0 Å². The van der Waals surface area contributed by atoms with Crippen LogP contribution in [-0.4, -0.2) is 57.4 Å². The first kappa shape index (κ1) is 23.2. The summed E-state index contributed by atoms with van der Waals surface area (Å²) in [6, 6.07) is 5.04. The first-order chi connectivity index (χ1) is 16.3. The number of aromatic nitrogens is 3. The minimum atomic E-state index is -1.31. The van der Waals surface area contributed by atoms with Crippen molar-refractivity contribution in [1.29, 1.82) is 5.41 Å². The van der Waals surface area contributed by atoms with Gasteiger partial charge in [-0.3, -0.25) is 10.2 Å². The van der Waals surface area contributed by atoms with Gasteiger partial charge in [-0.15, -0.1) is 0 Å². The predicted molar refractivity (Wildman–Crippen MR) is 126 cm³/mol. The first-order valence-electron chi connectivity index (χ1n) is 11.0. The Morgan fingerprint density at radius 1 is 1.32 bits per heavy atom. The number of rotatable bonds is 10. The summed E-state index contributed by atoms with van der Waals surface area (Å²) >= 11 is 0. The average Bonchev–Trinajstić information content (AvgIpc) is 3.56. The van der Waals surface area contributed by atoms with Gasteiger partial charge in [0.1, 0.15) is 34.7 Å². The molecule has 0 unspecified atom stereocenters. The van der Waals surface area contributed by atoms with Crippen LogP contribution in [0.2, 0.25) is 0 Å². The first-order valence-corrected chi connectivity index (χ1v) is 11.0. The molecule has 1 aromatic carbocycles. The summed E-state index contributed by atoms with van der Waals surface area (Å²) in [7, 11) is 1.58. The van der Waals surface area contributed by atoms with Crippen molar-refractivity contribution in [1.82, 2.24) is 20.3 Å².